The summed E-state index contributed by atoms with van der Waals surface area (Å²) in [6.45, 7) is 13.4. The number of carbonyl (C=O) groups excluding carboxylic acids is 5. The lowest BCUT2D eigenvalue weighted by molar-refractivity contribution is -0.145. The predicted molar refractivity (Wildman–Crippen MR) is 175 cm³/mol. The maximum atomic E-state index is 14.2. The Kier molecular flexibility index (Phi) is 10.5. The van der Waals surface area contributed by atoms with E-state index in [9.17, 15) is 32.4 Å². The minimum absolute atomic E-state index is 0.0494. The molecule has 13 nitrogen and oxygen atoms in total. The van der Waals surface area contributed by atoms with Crippen LogP contribution in [0.25, 0.3) is 0 Å². The second-order valence-corrected chi connectivity index (χ2v) is 17.1. The Labute approximate surface area is 277 Å². The van der Waals surface area contributed by atoms with Gasteiger partial charge in [-0.15, -0.1) is 0 Å². The number of primary amides is 1. The molecule has 0 bridgehead atoms. The summed E-state index contributed by atoms with van der Waals surface area (Å²) in [6, 6.07) is 3.67. The second kappa shape index (κ2) is 13.5. The predicted octanol–water partition coefficient (Wildman–Crippen LogP) is 1.53. The van der Waals surface area contributed by atoms with E-state index in [1.54, 1.807) is 39.0 Å². The first-order chi connectivity index (χ1) is 21.8. The summed E-state index contributed by atoms with van der Waals surface area (Å²) in [4.78, 5) is 67.4. The molecule has 5 amide bonds. The molecule has 260 valence electrons. The van der Waals surface area contributed by atoms with E-state index in [1.165, 1.54) is 17.0 Å². The molecule has 1 aromatic carbocycles. The van der Waals surface area contributed by atoms with Gasteiger partial charge in [0, 0.05) is 19.1 Å². The topological polar surface area (TPSA) is 197 Å². The molecule has 2 aliphatic carbocycles. The summed E-state index contributed by atoms with van der Waals surface area (Å²) in [5.74, 6) is -2.97. The number of ketones is 1. The van der Waals surface area contributed by atoms with Crippen LogP contribution >= 0.6 is 0 Å². The zero-order chi connectivity index (χ0) is 35.1. The van der Waals surface area contributed by atoms with Crippen molar-refractivity contribution in [3.05, 3.63) is 30.3 Å². The van der Waals surface area contributed by atoms with E-state index in [2.05, 4.69) is 20.7 Å². The number of sulfonamides is 1. The second-order valence-electron chi connectivity index (χ2n) is 15.3. The van der Waals surface area contributed by atoms with Crippen molar-refractivity contribution in [1.82, 2.24) is 25.6 Å². The van der Waals surface area contributed by atoms with Crippen LogP contribution in [0, 0.1) is 34.5 Å². The third-order valence-electron chi connectivity index (χ3n) is 9.96. The highest BCUT2D eigenvalue weighted by Gasteiger charge is 2.70. The molecule has 3 aliphatic rings. The van der Waals surface area contributed by atoms with Crippen molar-refractivity contribution in [3.63, 3.8) is 0 Å². The van der Waals surface area contributed by atoms with Crippen LogP contribution in [0.3, 0.4) is 0 Å². The smallest absolute Gasteiger partial charge is 0.315 e. The Balaban J connectivity index is 1.48. The van der Waals surface area contributed by atoms with Gasteiger partial charge < -0.3 is 26.6 Å². The van der Waals surface area contributed by atoms with E-state index in [0.29, 0.717) is 13.0 Å². The van der Waals surface area contributed by atoms with Crippen molar-refractivity contribution < 1.29 is 32.4 Å². The molecule has 1 aliphatic heterocycles. The zero-order valence-corrected chi connectivity index (χ0v) is 29.1. The molecule has 2 saturated carbocycles. The molecular formula is C33H50N6O7S. The summed E-state index contributed by atoms with van der Waals surface area (Å²) < 4.78 is 28.1. The van der Waals surface area contributed by atoms with Crippen LogP contribution in [0.15, 0.2) is 35.2 Å². The lowest BCUT2D eigenvalue weighted by Crippen LogP contribution is -2.62. The number of urea groups is 1. The molecule has 0 spiro atoms. The van der Waals surface area contributed by atoms with Gasteiger partial charge in [0.05, 0.1) is 10.9 Å². The highest BCUT2D eigenvalue weighted by Crippen LogP contribution is 2.65. The highest BCUT2D eigenvalue weighted by atomic mass is 32.2. The minimum Gasteiger partial charge on any atom is -0.363 e. The van der Waals surface area contributed by atoms with E-state index in [-0.39, 0.29) is 40.5 Å². The quantitative estimate of drug-likeness (QED) is 0.184. The SMILES string of the molecule is CC(C)[C@@H](CNS(=O)(=O)c1ccccc1)NC(=O)N[C@H](C(=O)N1C[C@H]2[C@@H]([C@H]1C(=O)NC(CC1CC1)C(=O)C(N)=O)C2(C)C)C(C)(C)C. The highest BCUT2D eigenvalue weighted by molar-refractivity contribution is 7.89. The molecule has 1 heterocycles. The number of fused-ring (bicyclic) bond motifs is 1. The lowest BCUT2D eigenvalue weighted by atomic mass is 9.85. The average molecular weight is 675 g/mol. The van der Waals surface area contributed by atoms with E-state index >= 15 is 0 Å². The number of nitrogens with zero attached hydrogens (tertiary/aromatic N) is 1. The van der Waals surface area contributed by atoms with Crippen LogP contribution in [0.5, 0.6) is 0 Å². The van der Waals surface area contributed by atoms with Crippen LogP contribution in [-0.4, -0.2) is 80.1 Å². The summed E-state index contributed by atoms with van der Waals surface area (Å²) in [7, 11) is -3.81. The lowest BCUT2D eigenvalue weighted by Gasteiger charge is -2.38. The fraction of sp³-hybridized carbons (Fsp3) is 0.667. The first kappa shape index (κ1) is 36.3. The number of benzene rings is 1. The fourth-order valence-electron chi connectivity index (χ4n) is 6.65. The van der Waals surface area contributed by atoms with Gasteiger partial charge >= 0.3 is 6.03 Å². The largest absolute Gasteiger partial charge is 0.363 e. The van der Waals surface area contributed by atoms with Gasteiger partial charge in [0.15, 0.2) is 0 Å². The van der Waals surface area contributed by atoms with E-state index in [4.69, 9.17) is 5.73 Å². The van der Waals surface area contributed by atoms with Crippen LogP contribution in [0.4, 0.5) is 4.79 Å². The summed E-state index contributed by atoms with van der Waals surface area (Å²) >= 11 is 0. The van der Waals surface area contributed by atoms with Gasteiger partial charge in [-0.1, -0.05) is 79.5 Å². The Morgan fingerprint density at radius 1 is 1.00 bits per heavy atom. The molecule has 4 rings (SSSR count). The van der Waals surface area contributed by atoms with Crippen molar-refractivity contribution in [2.75, 3.05) is 13.1 Å². The number of hydrogen-bond donors (Lipinski definition) is 5. The van der Waals surface area contributed by atoms with Crippen LogP contribution in [-0.2, 0) is 29.2 Å². The third-order valence-corrected chi connectivity index (χ3v) is 11.4. The number of piperidine rings is 1. The maximum Gasteiger partial charge on any atom is 0.315 e. The van der Waals surface area contributed by atoms with Crippen LogP contribution in [0.1, 0.15) is 67.7 Å². The monoisotopic (exact) mass is 674 g/mol. The van der Waals surface area contributed by atoms with Crippen molar-refractivity contribution in [2.24, 2.45) is 40.2 Å². The molecule has 1 aromatic rings. The van der Waals surface area contributed by atoms with E-state index in [1.807, 2.05) is 27.7 Å². The minimum atomic E-state index is -3.81. The Hall–Kier alpha value is -3.52. The van der Waals surface area contributed by atoms with E-state index in [0.717, 1.165) is 12.8 Å². The number of Topliss-reactive ketones (excluding diaryl/α,β-unsaturated/α-hetero) is 1. The number of hydrogen-bond acceptors (Lipinski definition) is 7. The standard InChI is InChI=1S/C33H50N6O7S/c1-18(2)23(16-35-47(45,46)20-11-9-8-10-12-20)37-31(44)38-27(32(3,4)5)30(43)39-17-21-24(33(21,6)7)25(39)29(42)36-22(15-19-13-14-19)26(40)28(34)41/h8-12,18-19,21-25,27,35H,13-17H2,1-7H3,(H2,34,41)(H,36,42)(H2,37,38,44)/t21-,22?,23+,24-,25-,27+/m0/s1. The van der Waals surface area contributed by atoms with Crippen molar-refractivity contribution in [2.45, 2.75) is 96.8 Å². The van der Waals surface area contributed by atoms with Gasteiger partial charge in [-0.2, -0.15) is 0 Å². The van der Waals surface area contributed by atoms with Gasteiger partial charge in [-0.25, -0.2) is 17.9 Å². The van der Waals surface area contributed by atoms with Gasteiger partial charge in [0.2, 0.25) is 27.6 Å². The molecule has 1 unspecified atom stereocenters. The number of likely N-dealkylation sites (tertiary alicyclic amines) is 1. The molecule has 0 aromatic heterocycles. The summed E-state index contributed by atoms with van der Waals surface area (Å²) in [6.07, 6.45) is 2.13. The Morgan fingerprint density at radius 3 is 2.15 bits per heavy atom. The number of carbonyl (C=O) groups is 5. The molecule has 1 saturated heterocycles. The number of nitrogens with one attached hydrogen (secondary N) is 4. The molecule has 3 fully saturated rings. The Morgan fingerprint density at radius 2 is 1.62 bits per heavy atom. The normalized spacial score (nSPS) is 23.7. The van der Waals surface area contributed by atoms with Gasteiger partial charge in [-0.05, 0) is 53.1 Å². The first-order valence-corrected chi connectivity index (χ1v) is 17.8. The molecule has 47 heavy (non-hydrogen) atoms. The summed E-state index contributed by atoms with van der Waals surface area (Å²) in [5, 5.41) is 8.37. The Bertz CT molecular complexity index is 1490. The van der Waals surface area contributed by atoms with E-state index < -0.39 is 69.1 Å². The van der Waals surface area contributed by atoms with Crippen LogP contribution < -0.4 is 26.4 Å². The molecular weight excluding hydrogens is 624 g/mol. The van der Waals surface area contributed by atoms with Gasteiger partial charge in [-0.3, -0.25) is 19.2 Å². The summed E-state index contributed by atoms with van der Waals surface area (Å²) in [5.41, 5.74) is 4.31. The number of nitrogens with two attached hydrogens (primary N) is 1. The van der Waals surface area contributed by atoms with Crippen molar-refractivity contribution in [3.8, 4) is 0 Å². The molecule has 0 radical (unpaired) electrons. The first-order valence-electron chi connectivity index (χ1n) is 16.3. The number of rotatable bonds is 14. The number of amides is 5. The van der Waals surface area contributed by atoms with Crippen molar-refractivity contribution in [1.29, 1.82) is 0 Å². The third kappa shape index (κ3) is 8.32. The van der Waals surface area contributed by atoms with Gasteiger partial charge in [0.25, 0.3) is 5.91 Å². The zero-order valence-electron chi connectivity index (χ0n) is 28.3. The molecule has 14 heteroatoms. The maximum absolute atomic E-state index is 14.2. The van der Waals surface area contributed by atoms with Gasteiger partial charge in [0.1, 0.15) is 12.1 Å². The molecule has 6 N–H and O–H groups in total. The van der Waals surface area contributed by atoms with Crippen LogP contribution in [0.2, 0.25) is 0 Å². The average Bonchev–Trinajstić information content (AvgIpc) is 3.84. The molecule has 6 atom stereocenters. The van der Waals surface area contributed by atoms with Crippen molar-refractivity contribution >= 4 is 39.6 Å². The fourth-order valence-corrected chi connectivity index (χ4v) is 7.73.